The van der Waals surface area contributed by atoms with Crippen molar-refractivity contribution in [2.45, 2.75) is 6.42 Å². The Bertz CT molecular complexity index is 465. The molecule has 0 atom stereocenters. The normalized spacial score (nSPS) is 11.4. The molecule has 1 aromatic rings. The maximum Gasteiger partial charge on any atom is 0.232 e. The number of hydrogen-bond donors (Lipinski definition) is 2. The Morgan fingerprint density at radius 1 is 1.44 bits per heavy atom. The van der Waals surface area contributed by atoms with Gasteiger partial charge in [-0.05, 0) is 47.1 Å². The van der Waals surface area contributed by atoms with Crippen LogP contribution in [0.2, 0.25) is 0 Å². The summed E-state index contributed by atoms with van der Waals surface area (Å²) in [6, 6.07) is 3.74. The van der Waals surface area contributed by atoms with Gasteiger partial charge in [-0.25, -0.2) is 12.8 Å². The van der Waals surface area contributed by atoms with E-state index in [0.29, 0.717) is 23.1 Å². The van der Waals surface area contributed by atoms with E-state index in [2.05, 4.69) is 20.7 Å². The first kappa shape index (κ1) is 13.4. The van der Waals surface area contributed by atoms with Crippen molar-refractivity contribution in [2.75, 3.05) is 17.0 Å². The van der Waals surface area contributed by atoms with Crippen molar-refractivity contribution in [3.05, 3.63) is 28.5 Å². The molecule has 0 aliphatic carbocycles. The van der Waals surface area contributed by atoms with E-state index in [9.17, 15) is 12.8 Å². The third-order valence-electron chi connectivity index (χ3n) is 1.81. The maximum atomic E-state index is 12.8. The minimum atomic E-state index is -3.41. The van der Waals surface area contributed by atoms with E-state index in [-0.39, 0.29) is 5.75 Å². The summed E-state index contributed by atoms with van der Waals surface area (Å²) in [7, 11) is -3.41. The van der Waals surface area contributed by atoms with Crippen LogP contribution >= 0.6 is 15.9 Å². The summed E-state index contributed by atoms with van der Waals surface area (Å²) in [6.45, 7) is 0.311. The largest absolute Gasteiger partial charge is 0.330 e. The van der Waals surface area contributed by atoms with Gasteiger partial charge in [0.1, 0.15) is 5.82 Å². The van der Waals surface area contributed by atoms with Gasteiger partial charge in [-0.2, -0.15) is 0 Å². The fourth-order valence-corrected chi connectivity index (χ4v) is 2.81. The second-order valence-corrected chi connectivity index (χ2v) is 5.88. The van der Waals surface area contributed by atoms with Crippen LogP contribution in [0.25, 0.3) is 0 Å². The number of hydrogen-bond acceptors (Lipinski definition) is 3. The van der Waals surface area contributed by atoms with Crippen LogP contribution in [0.5, 0.6) is 0 Å². The van der Waals surface area contributed by atoms with Crippen LogP contribution in [-0.2, 0) is 10.0 Å². The zero-order valence-corrected chi connectivity index (χ0v) is 10.8. The predicted octanol–water partition coefficient (Wildman–Crippen LogP) is 1.68. The van der Waals surface area contributed by atoms with Gasteiger partial charge in [0.05, 0.1) is 11.4 Å². The monoisotopic (exact) mass is 310 g/mol. The molecular weight excluding hydrogens is 299 g/mol. The average molecular weight is 311 g/mol. The molecule has 0 amide bonds. The smallest absolute Gasteiger partial charge is 0.232 e. The van der Waals surface area contributed by atoms with Crippen LogP contribution in [0.15, 0.2) is 22.7 Å². The minimum absolute atomic E-state index is 0.0483. The Morgan fingerprint density at radius 3 is 2.69 bits per heavy atom. The zero-order chi connectivity index (χ0) is 12.2. The lowest BCUT2D eigenvalue weighted by Gasteiger charge is -2.09. The lowest BCUT2D eigenvalue weighted by atomic mass is 10.3. The lowest BCUT2D eigenvalue weighted by molar-refractivity contribution is 0.598. The highest BCUT2D eigenvalue weighted by molar-refractivity contribution is 9.10. The highest BCUT2D eigenvalue weighted by atomic mass is 79.9. The molecule has 1 aromatic carbocycles. The standard InChI is InChI=1S/C9H12BrFN2O2S/c10-8-6-7(11)2-3-9(8)13-16(14,15)5-1-4-12/h2-3,6,13H,1,4-5,12H2. The molecule has 1 rings (SSSR count). The van der Waals surface area contributed by atoms with Crippen molar-refractivity contribution in [3.63, 3.8) is 0 Å². The van der Waals surface area contributed by atoms with Gasteiger partial charge in [0.15, 0.2) is 0 Å². The summed E-state index contributed by atoms with van der Waals surface area (Å²) in [5, 5.41) is 0. The van der Waals surface area contributed by atoms with Gasteiger partial charge in [-0.15, -0.1) is 0 Å². The molecule has 0 unspecified atom stereocenters. The molecule has 7 heteroatoms. The number of halogens is 2. The van der Waals surface area contributed by atoms with Crippen LogP contribution in [0, 0.1) is 5.82 Å². The molecule has 0 bridgehead atoms. The molecule has 0 aliphatic heterocycles. The fourth-order valence-electron chi connectivity index (χ4n) is 1.06. The van der Waals surface area contributed by atoms with E-state index < -0.39 is 15.8 Å². The van der Waals surface area contributed by atoms with Crippen molar-refractivity contribution in [1.29, 1.82) is 0 Å². The van der Waals surface area contributed by atoms with Gasteiger partial charge < -0.3 is 5.73 Å². The molecule has 0 fully saturated rings. The average Bonchev–Trinajstić information content (AvgIpc) is 2.19. The van der Waals surface area contributed by atoms with Crippen LogP contribution < -0.4 is 10.5 Å². The third kappa shape index (κ3) is 4.07. The van der Waals surface area contributed by atoms with Gasteiger partial charge in [0.25, 0.3) is 0 Å². The van der Waals surface area contributed by atoms with E-state index in [1.807, 2.05) is 0 Å². The van der Waals surface area contributed by atoms with Gasteiger partial charge in [0.2, 0.25) is 10.0 Å². The summed E-state index contributed by atoms with van der Waals surface area (Å²) in [6.07, 6.45) is 0.383. The van der Waals surface area contributed by atoms with Crippen LogP contribution in [-0.4, -0.2) is 20.7 Å². The molecule has 0 spiro atoms. The highest BCUT2D eigenvalue weighted by Crippen LogP contribution is 2.24. The summed E-state index contributed by atoms with van der Waals surface area (Å²) < 4.78 is 38.5. The summed E-state index contributed by atoms with van der Waals surface area (Å²) >= 11 is 3.08. The fraction of sp³-hybridized carbons (Fsp3) is 0.333. The summed E-state index contributed by atoms with van der Waals surface area (Å²) in [5.41, 5.74) is 5.55. The number of nitrogens with one attached hydrogen (secondary N) is 1. The number of nitrogens with two attached hydrogens (primary N) is 1. The van der Waals surface area contributed by atoms with Crippen molar-refractivity contribution >= 4 is 31.6 Å². The molecule has 90 valence electrons. The van der Waals surface area contributed by atoms with Gasteiger partial charge in [-0.3, -0.25) is 4.72 Å². The summed E-state index contributed by atoms with van der Waals surface area (Å²) in [5.74, 6) is -0.482. The van der Waals surface area contributed by atoms with E-state index in [1.165, 1.54) is 18.2 Å². The van der Waals surface area contributed by atoms with E-state index in [0.717, 1.165) is 0 Å². The first-order valence-electron chi connectivity index (χ1n) is 4.60. The quantitative estimate of drug-likeness (QED) is 0.869. The second kappa shape index (κ2) is 5.60. The Kier molecular flexibility index (Phi) is 4.69. The number of rotatable bonds is 5. The Hall–Kier alpha value is -0.660. The maximum absolute atomic E-state index is 12.8. The predicted molar refractivity (Wildman–Crippen MR) is 65.2 cm³/mol. The van der Waals surface area contributed by atoms with E-state index >= 15 is 0 Å². The zero-order valence-electron chi connectivity index (χ0n) is 8.41. The molecule has 0 saturated heterocycles. The highest BCUT2D eigenvalue weighted by Gasteiger charge is 2.11. The minimum Gasteiger partial charge on any atom is -0.330 e. The van der Waals surface area contributed by atoms with Gasteiger partial charge in [0, 0.05) is 4.47 Å². The molecule has 4 nitrogen and oxygen atoms in total. The number of sulfonamides is 1. The molecule has 0 saturated carbocycles. The van der Waals surface area contributed by atoms with E-state index in [4.69, 9.17) is 5.73 Å². The van der Waals surface area contributed by atoms with E-state index in [1.54, 1.807) is 0 Å². The Morgan fingerprint density at radius 2 is 2.12 bits per heavy atom. The van der Waals surface area contributed by atoms with Crippen LogP contribution in [0.1, 0.15) is 6.42 Å². The Labute approximate surface area is 102 Å². The first-order valence-corrected chi connectivity index (χ1v) is 7.05. The Balaban J connectivity index is 2.80. The first-order chi connectivity index (χ1) is 7.44. The number of benzene rings is 1. The van der Waals surface area contributed by atoms with Crippen molar-refractivity contribution in [3.8, 4) is 0 Å². The molecule has 3 N–H and O–H groups in total. The topological polar surface area (TPSA) is 72.2 Å². The molecule has 0 radical (unpaired) electrons. The molecule has 0 heterocycles. The third-order valence-corrected chi connectivity index (χ3v) is 3.83. The van der Waals surface area contributed by atoms with Crippen molar-refractivity contribution in [2.24, 2.45) is 5.73 Å². The van der Waals surface area contributed by atoms with Gasteiger partial charge in [-0.1, -0.05) is 0 Å². The van der Waals surface area contributed by atoms with Gasteiger partial charge >= 0.3 is 0 Å². The number of anilines is 1. The molecular formula is C9H12BrFN2O2S. The lowest BCUT2D eigenvalue weighted by Crippen LogP contribution is -2.19. The molecule has 0 aliphatic rings. The van der Waals surface area contributed by atoms with Crippen LogP contribution in [0.3, 0.4) is 0 Å². The SMILES string of the molecule is NCCCS(=O)(=O)Nc1ccc(F)cc1Br. The second-order valence-electron chi connectivity index (χ2n) is 3.19. The van der Waals surface area contributed by atoms with Crippen LogP contribution in [0.4, 0.5) is 10.1 Å². The molecule has 0 aromatic heterocycles. The van der Waals surface area contributed by atoms with Crippen molar-refractivity contribution in [1.82, 2.24) is 0 Å². The summed E-state index contributed by atoms with van der Waals surface area (Å²) in [4.78, 5) is 0. The van der Waals surface area contributed by atoms with Crippen molar-refractivity contribution < 1.29 is 12.8 Å². The molecule has 16 heavy (non-hydrogen) atoms.